The molecule has 1 aromatic rings. The highest BCUT2D eigenvalue weighted by Crippen LogP contribution is 2.19. The third-order valence-electron chi connectivity index (χ3n) is 3.51. The fourth-order valence-corrected chi connectivity index (χ4v) is 2.54. The summed E-state index contributed by atoms with van der Waals surface area (Å²) in [5, 5.41) is 12.7. The Morgan fingerprint density at radius 1 is 1.47 bits per heavy atom. The maximum atomic E-state index is 9.34. The zero-order valence-corrected chi connectivity index (χ0v) is 11.9. The van der Waals surface area contributed by atoms with Crippen LogP contribution in [0.1, 0.15) is 37.7 Å². The Bertz CT molecular complexity index is 410. The molecule has 5 heteroatoms. The van der Waals surface area contributed by atoms with Crippen LogP contribution in [0, 0.1) is 6.92 Å². The van der Waals surface area contributed by atoms with Gasteiger partial charge in [0.25, 0.3) is 0 Å². The molecule has 1 atom stereocenters. The lowest BCUT2D eigenvalue weighted by Gasteiger charge is -2.22. The molecule has 0 spiro atoms. The van der Waals surface area contributed by atoms with E-state index in [1.807, 2.05) is 13.0 Å². The van der Waals surface area contributed by atoms with Crippen LogP contribution in [0.3, 0.4) is 0 Å². The minimum atomic E-state index is 0.229. The number of hydrogen-bond acceptors (Lipinski definition) is 5. The summed E-state index contributed by atoms with van der Waals surface area (Å²) >= 11 is 0. The summed E-state index contributed by atoms with van der Waals surface area (Å²) in [6, 6.07) is 2.25. The third-order valence-corrected chi connectivity index (χ3v) is 3.51. The Balaban J connectivity index is 2.04. The van der Waals surface area contributed by atoms with E-state index in [-0.39, 0.29) is 12.6 Å². The van der Waals surface area contributed by atoms with Crippen molar-refractivity contribution in [2.75, 3.05) is 25.0 Å². The molecule has 1 aliphatic rings. The van der Waals surface area contributed by atoms with E-state index < -0.39 is 0 Å². The van der Waals surface area contributed by atoms with E-state index in [1.54, 1.807) is 0 Å². The Morgan fingerprint density at radius 2 is 2.32 bits per heavy atom. The molecular weight excluding hydrogens is 240 g/mol. The molecule has 0 radical (unpaired) electrons. The van der Waals surface area contributed by atoms with E-state index in [4.69, 9.17) is 0 Å². The van der Waals surface area contributed by atoms with Crippen LogP contribution in [0.25, 0.3) is 0 Å². The summed E-state index contributed by atoms with van der Waals surface area (Å²) in [5.74, 6) is 1.75. The average Bonchev–Trinajstić information content (AvgIpc) is 2.83. The molecule has 0 aromatic carbocycles. The molecule has 1 fully saturated rings. The number of aliphatic hydroxyl groups excluding tert-OH is 1. The molecule has 2 heterocycles. The van der Waals surface area contributed by atoms with E-state index >= 15 is 0 Å². The van der Waals surface area contributed by atoms with Crippen molar-refractivity contribution in [3.05, 3.63) is 17.6 Å². The van der Waals surface area contributed by atoms with Crippen LogP contribution in [0.5, 0.6) is 0 Å². The van der Waals surface area contributed by atoms with Gasteiger partial charge in [0, 0.05) is 24.3 Å². The summed E-state index contributed by atoms with van der Waals surface area (Å²) < 4.78 is 0. The van der Waals surface area contributed by atoms with E-state index in [9.17, 15) is 5.11 Å². The standard InChI is InChI=1S/C14H24N4O/c1-3-6-15-13-8-11(2)16-14(17-13)9-18-7-4-5-12(18)10-19/h8,12,19H,3-7,9-10H2,1-2H3,(H,15,16,17). The lowest BCUT2D eigenvalue weighted by Crippen LogP contribution is -2.32. The van der Waals surface area contributed by atoms with Gasteiger partial charge in [0.05, 0.1) is 13.2 Å². The number of nitrogens with zero attached hydrogens (tertiary/aromatic N) is 3. The molecule has 1 unspecified atom stereocenters. The molecule has 19 heavy (non-hydrogen) atoms. The molecular formula is C14H24N4O. The predicted molar refractivity (Wildman–Crippen MR) is 76.1 cm³/mol. The second kappa shape index (κ2) is 6.82. The molecule has 0 amide bonds. The first-order valence-electron chi connectivity index (χ1n) is 7.16. The van der Waals surface area contributed by atoms with Crippen molar-refractivity contribution in [3.8, 4) is 0 Å². The molecule has 2 rings (SSSR count). The normalized spacial score (nSPS) is 19.8. The van der Waals surface area contributed by atoms with Crippen LogP contribution in [0.4, 0.5) is 5.82 Å². The fraction of sp³-hybridized carbons (Fsp3) is 0.714. The topological polar surface area (TPSA) is 61.3 Å². The smallest absolute Gasteiger partial charge is 0.144 e. The van der Waals surface area contributed by atoms with Gasteiger partial charge in [-0.1, -0.05) is 6.92 Å². The van der Waals surface area contributed by atoms with Gasteiger partial charge in [-0.25, -0.2) is 9.97 Å². The summed E-state index contributed by atoms with van der Waals surface area (Å²) in [5.41, 5.74) is 0.989. The summed E-state index contributed by atoms with van der Waals surface area (Å²) in [6.45, 7) is 7.05. The molecule has 1 aliphatic heterocycles. The molecule has 0 saturated carbocycles. The molecule has 2 N–H and O–H groups in total. The molecule has 0 aliphatic carbocycles. The average molecular weight is 264 g/mol. The van der Waals surface area contributed by atoms with Crippen molar-refractivity contribution in [2.45, 2.75) is 45.7 Å². The zero-order chi connectivity index (χ0) is 13.7. The molecule has 106 valence electrons. The van der Waals surface area contributed by atoms with Gasteiger partial charge in [-0.2, -0.15) is 0 Å². The SMILES string of the molecule is CCCNc1cc(C)nc(CN2CCCC2CO)n1. The number of aromatic nitrogens is 2. The highest BCUT2D eigenvalue weighted by Gasteiger charge is 2.24. The van der Waals surface area contributed by atoms with Crippen molar-refractivity contribution in [2.24, 2.45) is 0 Å². The number of rotatable bonds is 6. The Morgan fingerprint density at radius 3 is 3.05 bits per heavy atom. The Kier molecular flexibility index (Phi) is 5.10. The number of nitrogens with one attached hydrogen (secondary N) is 1. The van der Waals surface area contributed by atoms with Crippen LogP contribution in [-0.2, 0) is 6.54 Å². The predicted octanol–water partition coefficient (Wildman–Crippen LogP) is 1.56. The fourth-order valence-electron chi connectivity index (χ4n) is 2.54. The molecule has 1 aromatic heterocycles. The van der Waals surface area contributed by atoms with Gasteiger partial charge in [0.15, 0.2) is 0 Å². The monoisotopic (exact) mass is 264 g/mol. The largest absolute Gasteiger partial charge is 0.395 e. The summed E-state index contributed by atoms with van der Waals surface area (Å²) in [7, 11) is 0. The van der Waals surface area contributed by atoms with Gasteiger partial charge >= 0.3 is 0 Å². The minimum Gasteiger partial charge on any atom is -0.395 e. The number of aliphatic hydroxyl groups is 1. The second-order valence-corrected chi connectivity index (χ2v) is 5.19. The Hall–Kier alpha value is -1.20. The minimum absolute atomic E-state index is 0.229. The van der Waals surface area contributed by atoms with Gasteiger partial charge in [0.1, 0.15) is 11.6 Å². The first-order valence-corrected chi connectivity index (χ1v) is 7.16. The number of aryl methyl sites for hydroxylation is 1. The van der Waals surface area contributed by atoms with Crippen molar-refractivity contribution in [1.82, 2.24) is 14.9 Å². The van der Waals surface area contributed by atoms with Crippen LogP contribution in [0.2, 0.25) is 0 Å². The zero-order valence-electron chi connectivity index (χ0n) is 11.9. The molecule has 5 nitrogen and oxygen atoms in total. The van der Waals surface area contributed by atoms with Gasteiger partial charge < -0.3 is 10.4 Å². The van der Waals surface area contributed by atoms with Crippen molar-refractivity contribution < 1.29 is 5.11 Å². The lowest BCUT2D eigenvalue weighted by atomic mass is 10.2. The maximum Gasteiger partial charge on any atom is 0.144 e. The summed E-state index contributed by atoms with van der Waals surface area (Å²) in [4.78, 5) is 11.3. The van der Waals surface area contributed by atoms with Crippen LogP contribution in [-0.4, -0.2) is 45.7 Å². The molecule has 0 bridgehead atoms. The highest BCUT2D eigenvalue weighted by molar-refractivity contribution is 5.35. The van der Waals surface area contributed by atoms with E-state index in [0.29, 0.717) is 0 Å². The van der Waals surface area contributed by atoms with E-state index in [0.717, 1.165) is 56.2 Å². The summed E-state index contributed by atoms with van der Waals surface area (Å²) in [6.07, 6.45) is 3.30. The first-order chi connectivity index (χ1) is 9.22. The van der Waals surface area contributed by atoms with Crippen molar-refractivity contribution >= 4 is 5.82 Å². The van der Waals surface area contributed by atoms with E-state index in [2.05, 4.69) is 27.1 Å². The highest BCUT2D eigenvalue weighted by atomic mass is 16.3. The molecule has 1 saturated heterocycles. The van der Waals surface area contributed by atoms with E-state index in [1.165, 1.54) is 0 Å². The van der Waals surface area contributed by atoms with Crippen LogP contribution < -0.4 is 5.32 Å². The van der Waals surface area contributed by atoms with Gasteiger partial charge in [0.2, 0.25) is 0 Å². The Labute approximate surface area is 115 Å². The van der Waals surface area contributed by atoms with Crippen molar-refractivity contribution in [1.29, 1.82) is 0 Å². The van der Waals surface area contributed by atoms with Gasteiger partial charge in [-0.15, -0.1) is 0 Å². The van der Waals surface area contributed by atoms with Crippen molar-refractivity contribution in [3.63, 3.8) is 0 Å². The third kappa shape index (κ3) is 3.88. The van der Waals surface area contributed by atoms with Crippen LogP contribution >= 0.6 is 0 Å². The lowest BCUT2D eigenvalue weighted by molar-refractivity contribution is 0.151. The first kappa shape index (κ1) is 14.2. The number of hydrogen-bond donors (Lipinski definition) is 2. The van der Waals surface area contributed by atoms with Gasteiger partial charge in [-0.05, 0) is 32.7 Å². The second-order valence-electron chi connectivity index (χ2n) is 5.19. The van der Waals surface area contributed by atoms with Crippen LogP contribution in [0.15, 0.2) is 6.07 Å². The number of likely N-dealkylation sites (tertiary alicyclic amines) is 1. The number of anilines is 1. The quantitative estimate of drug-likeness (QED) is 0.816. The maximum absolute atomic E-state index is 9.34. The van der Waals surface area contributed by atoms with Gasteiger partial charge in [-0.3, -0.25) is 4.90 Å².